The van der Waals surface area contributed by atoms with Crippen LogP contribution in [0.15, 0.2) is 47.9 Å². The summed E-state index contributed by atoms with van der Waals surface area (Å²) in [6.45, 7) is 6.12. The van der Waals surface area contributed by atoms with Gasteiger partial charge in [0.15, 0.2) is 0 Å². The van der Waals surface area contributed by atoms with E-state index in [2.05, 4.69) is 37.3 Å². The van der Waals surface area contributed by atoms with E-state index in [1.165, 1.54) is 34.4 Å². The molecule has 1 unspecified atom stereocenters. The van der Waals surface area contributed by atoms with Gasteiger partial charge in [0.1, 0.15) is 10.8 Å². The number of benzene rings is 1. The van der Waals surface area contributed by atoms with Crippen LogP contribution in [0.2, 0.25) is 0 Å². The van der Waals surface area contributed by atoms with Gasteiger partial charge in [-0.05, 0) is 62.8 Å². The van der Waals surface area contributed by atoms with E-state index in [0.29, 0.717) is 17.8 Å². The summed E-state index contributed by atoms with van der Waals surface area (Å²) < 4.78 is 5.80. The Morgan fingerprint density at radius 3 is 2.93 bits per heavy atom. The van der Waals surface area contributed by atoms with Gasteiger partial charge in [0.05, 0.1) is 22.6 Å². The lowest BCUT2D eigenvalue weighted by Crippen LogP contribution is -2.23. The standard InChI is InChI=1S/C23H24N2OS/c1-15(2)26-20-10-11-23(3,12-17(20)13-24)22-25-14-21(27-22)19-9-5-7-16-6-4-8-18(16)19/h5,7,9-11,14-15H,4,6,8,12H2,1-3H3. The molecule has 0 bridgehead atoms. The summed E-state index contributed by atoms with van der Waals surface area (Å²) in [6, 6.07) is 8.96. The number of rotatable bonds is 4. The zero-order valence-corrected chi connectivity index (χ0v) is 16.9. The zero-order chi connectivity index (χ0) is 19.0. The van der Waals surface area contributed by atoms with Crippen LogP contribution in [0, 0.1) is 11.3 Å². The lowest BCUT2D eigenvalue weighted by molar-refractivity contribution is 0.153. The topological polar surface area (TPSA) is 45.9 Å². The fourth-order valence-electron chi connectivity index (χ4n) is 3.99. The fourth-order valence-corrected chi connectivity index (χ4v) is 5.09. The Kier molecular flexibility index (Phi) is 4.65. The molecule has 0 N–H and O–H groups in total. The van der Waals surface area contributed by atoms with E-state index in [0.717, 1.165) is 11.4 Å². The number of aryl methyl sites for hydroxylation is 1. The van der Waals surface area contributed by atoms with Gasteiger partial charge in [0, 0.05) is 18.0 Å². The summed E-state index contributed by atoms with van der Waals surface area (Å²) in [7, 11) is 0. The first-order valence-corrected chi connectivity index (χ1v) is 10.4. The molecule has 3 nitrogen and oxygen atoms in total. The van der Waals surface area contributed by atoms with Crippen molar-refractivity contribution in [1.82, 2.24) is 4.98 Å². The van der Waals surface area contributed by atoms with Gasteiger partial charge < -0.3 is 4.74 Å². The highest BCUT2D eigenvalue weighted by molar-refractivity contribution is 7.15. The van der Waals surface area contributed by atoms with Crippen molar-refractivity contribution in [3.05, 3.63) is 64.0 Å². The Labute approximate surface area is 165 Å². The minimum absolute atomic E-state index is 0.0593. The maximum Gasteiger partial charge on any atom is 0.133 e. The summed E-state index contributed by atoms with van der Waals surface area (Å²) >= 11 is 1.75. The number of ether oxygens (including phenoxy) is 1. The molecular formula is C23H24N2OS. The van der Waals surface area contributed by atoms with Gasteiger partial charge in [-0.2, -0.15) is 5.26 Å². The third-order valence-electron chi connectivity index (χ3n) is 5.35. The summed E-state index contributed by atoms with van der Waals surface area (Å²) in [4.78, 5) is 5.99. The molecule has 0 saturated carbocycles. The van der Waals surface area contributed by atoms with E-state index < -0.39 is 0 Å². The van der Waals surface area contributed by atoms with Crippen LogP contribution in [-0.4, -0.2) is 11.1 Å². The number of aromatic nitrogens is 1. The highest BCUT2D eigenvalue weighted by Crippen LogP contribution is 2.42. The largest absolute Gasteiger partial charge is 0.490 e. The van der Waals surface area contributed by atoms with Gasteiger partial charge in [-0.15, -0.1) is 11.3 Å². The molecule has 0 radical (unpaired) electrons. The first-order valence-electron chi connectivity index (χ1n) is 9.57. The number of nitrogens with zero attached hydrogens (tertiary/aromatic N) is 2. The zero-order valence-electron chi connectivity index (χ0n) is 16.1. The molecule has 27 heavy (non-hydrogen) atoms. The van der Waals surface area contributed by atoms with Crippen LogP contribution in [0.4, 0.5) is 0 Å². The second kappa shape index (κ2) is 6.98. The summed E-state index contributed by atoms with van der Waals surface area (Å²) in [5.74, 6) is 0.697. The molecule has 4 rings (SSSR count). The number of thiazole rings is 1. The maximum absolute atomic E-state index is 9.60. The molecule has 1 aromatic heterocycles. The first-order chi connectivity index (χ1) is 13.0. The van der Waals surface area contributed by atoms with Gasteiger partial charge in [-0.25, -0.2) is 4.98 Å². The van der Waals surface area contributed by atoms with Crippen molar-refractivity contribution in [2.75, 3.05) is 0 Å². The first kappa shape index (κ1) is 18.0. The van der Waals surface area contributed by atoms with E-state index in [9.17, 15) is 5.26 Å². The van der Waals surface area contributed by atoms with Crippen LogP contribution < -0.4 is 0 Å². The Hall–Kier alpha value is -2.38. The van der Waals surface area contributed by atoms with Crippen molar-refractivity contribution in [2.24, 2.45) is 0 Å². The Bertz CT molecular complexity index is 977. The molecule has 4 heteroatoms. The molecular weight excluding hydrogens is 352 g/mol. The molecule has 2 aliphatic rings. The molecule has 0 saturated heterocycles. The third-order valence-corrected chi connectivity index (χ3v) is 6.66. The van der Waals surface area contributed by atoms with E-state index in [1.807, 2.05) is 26.1 Å². The highest BCUT2D eigenvalue weighted by atomic mass is 32.1. The molecule has 1 aromatic carbocycles. The molecule has 0 spiro atoms. The minimum atomic E-state index is -0.268. The van der Waals surface area contributed by atoms with Gasteiger partial charge in [-0.1, -0.05) is 24.3 Å². The number of fused-ring (bicyclic) bond motifs is 1. The third kappa shape index (κ3) is 3.33. The van der Waals surface area contributed by atoms with Crippen molar-refractivity contribution in [1.29, 1.82) is 5.26 Å². The van der Waals surface area contributed by atoms with Crippen LogP contribution in [0.1, 0.15) is 49.7 Å². The number of hydrogen-bond acceptors (Lipinski definition) is 4. The summed E-state index contributed by atoms with van der Waals surface area (Å²) in [5.41, 5.74) is 4.73. The molecule has 1 heterocycles. The van der Waals surface area contributed by atoms with Crippen molar-refractivity contribution >= 4 is 11.3 Å². The van der Waals surface area contributed by atoms with E-state index >= 15 is 0 Å². The summed E-state index contributed by atoms with van der Waals surface area (Å²) in [6.07, 6.45) is 10.4. The minimum Gasteiger partial charge on any atom is -0.490 e. The Morgan fingerprint density at radius 1 is 1.30 bits per heavy atom. The van der Waals surface area contributed by atoms with Gasteiger partial charge in [0.2, 0.25) is 0 Å². The van der Waals surface area contributed by atoms with Crippen molar-refractivity contribution in [2.45, 2.75) is 58.0 Å². The molecule has 2 aliphatic carbocycles. The molecule has 0 fully saturated rings. The quantitative estimate of drug-likeness (QED) is 0.685. The van der Waals surface area contributed by atoms with Crippen molar-refractivity contribution in [3.63, 3.8) is 0 Å². The van der Waals surface area contributed by atoms with Crippen molar-refractivity contribution in [3.8, 4) is 16.5 Å². The van der Waals surface area contributed by atoms with Crippen LogP contribution in [-0.2, 0) is 23.0 Å². The lowest BCUT2D eigenvalue weighted by Gasteiger charge is -2.28. The van der Waals surface area contributed by atoms with Gasteiger partial charge >= 0.3 is 0 Å². The SMILES string of the molecule is CC(C)OC1=C(C#N)CC(C)(c2ncc(-c3cccc4c3CCC4)s2)C=C1. The Morgan fingerprint density at radius 2 is 2.15 bits per heavy atom. The number of allylic oxidation sites excluding steroid dienone is 3. The summed E-state index contributed by atoms with van der Waals surface area (Å²) in [5, 5.41) is 10.7. The smallest absolute Gasteiger partial charge is 0.133 e. The van der Waals surface area contributed by atoms with Crippen LogP contribution >= 0.6 is 11.3 Å². The van der Waals surface area contributed by atoms with Gasteiger partial charge in [0.25, 0.3) is 0 Å². The molecule has 138 valence electrons. The van der Waals surface area contributed by atoms with Crippen molar-refractivity contribution < 1.29 is 4.74 Å². The normalized spacial score (nSPS) is 21.4. The van der Waals surface area contributed by atoms with Gasteiger partial charge in [-0.3, -0.25) is 0 Å². The number of nitriles is 1. The average Bonchev–Trinajstić information content (AvgIpc) is 3.32. The number of hydrogen-bond donors (Lipinski definition) is 0. The molecule has 1 atom stereocenters. The molecule has 0 amide bonds. The lowest BCUT2D eigenvalue weighted by atomic mass is 9.80. The second-order valence-corrected chi connectivity index (χ2v) is 8.91. The Balaban J connectivity index is 1.65. The van der Waals surface area contributed by atoms with Crippen LogP contribution in [0.5, 0.6) is 0 Å². The van der Waals surface area contributed by atoms with E-state index in [-0.39, 0.29) is 11.5 Å². The van der Waals surface area contributed by atoms with E-state index in [1.54, 1.807) is 11.3 Å². The van der Waals surface area contributed by atoms with E-state index in [4.69, 9.17) is 9.72 Å². The maximum atomic E-state index is 9.60. The highest BCUT2D eigenvalue weighted by Gasteiger charge is 2.33. The molecule has 2 aromatic rings. The second-order valence-electron chi connectivity index (χ2n) is 7.88. The average molecular weight is 377 g/mol. The van der Waals surface area contributed by atoms with Crippen LogP contribution in [0.25, 0.3) is 10.4 Å². The predicted molar refractivity (Wildman–Crippen MR) is 110 cm³/mol. The monoisotopic (exact) mass is 376 g/mol. The fraction of sp³-hybridized carbons (Fsp3) is 0.391. The molecule has 0 aliphatic heterocycles. The van der Waals surface area contributed by atoms with Crippen LogP contribution in [0.3, 0.4) is 0 Å². The predicted octanol–water partition coefficient (Wildman–Crippen LogP) is 5.72.